The van der Waals surface area contributed by atoms with Crippen molar-refractivity contribution in [3.05, 3.63) is 53.9 Å². The van der Waals surface area contributed by atoms with Crippen molar-refractivity contribution in [1.82, 2.24) is 25.3 Å². The van der Waals surface area contributed by atoms with Crippen LogP contribution in [0.5, 0.6) is 0 Å². The van der Waals surface area contributed by atoms with Crippen molar-refractivity contribution in [1.29, 1.82) is 0 Å². The molecule has 2 unspecified atom stereocenters. The highest BCUT2D eigenvalue weighted by atomic mass is 15.3. The maximum absolute atomic E-state index is 4.76. The lowest BCUT2D eigenvalue weighted by molar-refractivity contribution is 0.258. The van der Waals surface area contributed by atoms with Gasteiger partial charge in [0, 0.05) is 38.4 Å². The third-order valence-corrected chi connectivity index (χ3v) is 6.30. The SMILES string of the molecule is CN=C(NCc1ccn(C2CCCC2)n1)NC1CC(C)N(Cc2ccccc2)C1. The minimum absolute atomic E-state index is 0.413. The summed E-state index contributed by atoms with van der Waals surface area (Å²) in [6.45, 7) is 5.06. The van der Waals surface area contributed by atoms with Crippen LogP contribution in [0.15, 0.2) is 47.6 Å². The van der Waals surface area contributed by atoms with E-state index in [1.165, 1.54) is 31.2 Å². The number of benzene rings is 1. The van der Waals surface area contributed by atoms with Gasteiger partial charge in [-0.3, -0.25) is 14.6 Å². The lowest BCUT2D eigenvalue weighted by atomic mass is 10.2. The first-order valence-corrected chi connectivity index (χ1v) is 11.0. The van der Waals surface area contributed by atoms with Gasteiger partial charge in [-0.15, -0.1) is 0 Å². The molecule has 0 spiro atoms. The highest BCUT2D eigenvalue weighted by Gasteiger charge is 2.29. The van der Waals surface area contributed by atoms with Crippen molar-refractivity contribution < 1.29 is 0 Å². The summed E-state index contributed by atoms with van der Waals surface area (Å²) in [5, 5.41) is 11.8. The average molecular weight is 395 g/mol. The van der Waals surface area contributed by atoms with Gasteiger partial charge in [0.1, 0.15) is 0 Å². The number of guanidine groups is 1. The molecule has 6 nitrogen and oxygen atoms in total. The molecule has 2 N–H and O–H groups in total. The van der Waals surface area contributed by atoms with Crippen molar-refractivity contribution in [3.63, 3.8) is 0 Å². The molecule has 6 heteroatoms. The monoisotopic (exact) mass is 394 g/mol. The molecule has 4 rings (SSSR count). The Morgan fingerprint density at radius 3 is 2.72 bits per heavy atom. The lowest BCUT2D eigenvalue weighted by Crippen LogP contribution is -2.44. The minimum Gasteiger partial charge on any atom is -0.352 e. The van der Waals surface area contributed by atoms with E-state index in [1.807, 2.05) is 7.05 Å². The molecule has 2 heterocycles. The number of nitrogens with one attached hydrogen (secondary N) is 2. The van der Waals surface area contributed by atoms with E-state index in [9.17, 15) is 0 Å². The largest absolute Gasteiger partial charge is 0.352 e. The first kappa shape index (κ1) is 20.0. The molecule has 2 aromatic rings. The van der Waals surface area contributed by atoms with Crippen LogP contribution < -0.4 is 10.6 Å². The fourth-order valence-electron chi connectivity index (χ4n) is 4.65. The van der Waals surface area contributed by atoms with E-state index in [4.69, 9.17) is 5.10 Å². The Morgan fingerprint density at radius 2 is 1.97 bits per heavy atom. The zero-order chi connectivity index (χ0) is 20.1. The summed E-state index contributed by atoms with van der Waals surface area (Å²) >= 11 is 0. The van der Waals surface area contributed by atoms with E-state index in [0.29, 0.717) is 24.7 Å². The van der Waals surface area contributed by atoms with Gasteiger partial charge in [0.15, 0.2) is 5.96 Å². The van der Waals surface area contributed by atoms with Gasteiger partial charge < -0.3 is 10.6 Å². The molecule has 2 atom stereocenters. The van der Waals surface area contributed by atoms with Gasteiger partial charge in [-0.05, 0) is 37.8 Å². The second kappa shape index (κ2) is 9.44. The Balaban J connectivity index is 1.26. The summed E-state index contributed by atoms with van der Waals surface area (Å²) in [5.41, 5.74) is 2.45. The Labute approximate surface area is 174 Å². The van der Waals surface area contributed by atoms with Crippen molar-refractivity contribution in [2.75, 3.05) is 13.6 Å². The number of aromatic nitrogens is 2. The molecule has 156 valence electrons. The molecule has 1 aromatic heterocycles. The van der Waals surface area contributed by atoms with Crippen LogP contribution in [0.25, 0.3) is 0 Å². The van der Waals surface area contributed by atoms with Crippen LogP contribution >= 0.6 is 0 Å². The predicted octanol–water partition coefficient (Wildman–Crippen LogP) is 3.33. The zero-order valence-corrected chi connectivity index (χ0v) is 17.7. The highest BCUT2D eigenvalue weighted by Crippen LogP contribution is 2.28. The average Bonchev–Trinajstić information content (AvgIpc) is 3.48. The van der Waals surface area contributed by atoms with Crippen LogP contribution in [0.4, 0.5) is 0 Å². The fourth-order valence-corrected chi connectivity index (χ4v) is 4.65. The van der Waals surface area contributed by atoms with Gasteiger partial charge in [0.25, 0.3) is 0 Å². The van der Waals surface area contributed by atoms with Crippen molar-refractivity contribution >= 4 is 5.96 Å². The zero-order valence-electron chi connectivity index (χ0n) is 17.7. The van der Waals surface area contributed by atoms with E-state index in [1.54, 1.807) is 0 Å². The Hall–Kier alpha value is -2.34. The maximum atomic E-state index is 4.76. The lowest BCUT2D eigenvalue weighted by Gasteiger charge is -2.21. The smallest absolute Gasteiger partial charge is 0.191 e. The van der Waals surface area contributed by atoms with Gasteiger partial charge in [0.2, 0.25) is 0 Å². The van der Waals surface area contributed by atoms with Crippen molar-refractivity contribution in [3.8, 4) is 0 Å². The maximum Gasteiger partial charge on any atom is 0.191 e. The molecule has 29 heavy (non-hydrogen) atoms. The van der Waals surface area contributed by atoms with Gasteiger partial charge in [-0.25, -0.2) is 0 Å². The number of nitrogens with zero attached hydrogens (tertiary/aromatic N) is 4. The van der Waals surface area contributed by atoms with E-state index in [0.717, 1.165) is 31.2 Å². The van der Waals surface area contributed by atoms with E-state index in [-0.39, 0.29) is 0 Å². The molecule has 1 saturated heterocycles. The number of rotatable bonds is 6. The molecular formula is C23H34N6. The minimum atomic E-state index is 0.413. The topological polar surface area (TPSA) is 57.5 Å². The molecule has 0 radical (unpaired) electrons. The third kappa shape index (κ3) is 5.18. The molecular weight excluding hydrogens is 360 g/mol. The van der Waals surface area contributed by atoms with Crippen LogP contribution in [-0.4, -0.2) is 46.3 Å². The summed E-state index contributed by atoms with van der Waals surface area (Å²) in [4.78, 5) is 6.97. The highest BCUT2D eigenvalue weighted by molar-refractivity contribution is 5.80. The van der Waals surface area contributed by atoms with Crippen LogP contribution in [-0.2, 0) is 13.1 Å². The van der Waals surface area contributed by atoms with Crippen molar-refractivity contribution in [2.45, 2.75) is 70.2 Å². The number of hydrogen-bond acceptors (Lipinski definition) is 3. The molecule has 2 aliphatic rings. The van der Waals surface area contributed by atoms with E-state index < -0.39 is 0 Å². The molecule has 1 aromatic carbocycles. The van der Waals surface area contributed by atoms with Gasteiger partial charge in [-0.1, -0.05) is 43.2 Å². The summed E-state index contributed by atoms with van der Waals surface area (Å²) < 4.78 is 2.15. The fraction of sp³-hybridized carbons (Fsp3) is 0.565. The van der Waals surface area contributed by atoms with Crippen LogP contribution in [0.3, 0.4) is 0 Å². The molecule has 1 saturated carbocycles. The van der Waals surface area contributed by atoms with E-state index >= 15 is 0 Å². The van der Waals surface area contributed by atoms with Gasteiger partial charge >= 0.3 is 0 Å². The second-order valence-corrected chi connectivity index (χ2v) is 8.49. The number of hydrogen-bond donors (Lipinski definition) is 2. The van der Waals surface area contributed by atoms with Crippen LogP contribution in [0, 0.1) is 0 Å². The standard InChI is InChI=1S/C23H34N6/c1-18-14-21(17-28(18)16-19-8-4-3-5-9-19)26-23(24-2)25-15-20-12-13-29(27-20)22-10-6-7-11-22/h3-5,8-9,12-13,18,21-22H,6-7,10-11,14-17H2,1-2H3,(H2,24,25,26). The van der Waals surface area contributed by atoms with E-state index in [2.05, 4.69) is 74.7 Å². The predicted molar refractivity (Wildman–Crippen MR) is 118 cm³/mol. The number of likely N-dealkylation sites (tertiary alicyclic amines) is 1. The molecule has 1 aliphatic carbocycles. The molecule has 2 fully saturated rings. The van der Waals surface area contributed by atoms with Gasteiger partial charge in [-0.2, -0.15) is 5.10 Å². The Bertz CT molecular complexity index is 793. The summed E-state index contributed by atoms with van der Waals surface area (Å²) in [6.07, 6.45) is 8.44. The Morgan fingerprint density at radius 1 is 1.17 bits per heavy atom. The first-order chi connectivity index (χ1) is 14.2. The Kier molecular flexibility index (Phi) is 6.49. The molecule has 0 bridgehead atoms. The van der Waals surface area contributed by atoms with Crippen LogP contribution in [0.2, 0.25) is 0 Å². The summed E-state index contributed by atoms with van der Waals surface area (Å²) in [7, 11) is 1.84. The third-order valence-electron chi connectivity index (χ3n) is 6.30. The first-order valence-electron chi connectivity index (χ1n) is 11.0. The summed E-state index contributed by atoms with van der Waals surface area (Å²) in [5.74, 6) is 0.860. The van der Waals surface area contributed by atoms with Gasteiger partial charge in [0.05, 0.1) is 18.3 Å². The summed E-state index contributed by atoms with van der Waals surface area (Å²) in [6, 6.07) is 14.4. The normalized spacial score (nSPS) is 23.6. The van der Waals surface area contributed by atoms with Crippen LogP contribution in [0.1, 0.15) is 56.3 Å². The molecule has 1 aliphatic heterocycles. The van der Waals surface area contributed by atoms with Crippen molar-refractivity contribution in [2.24, 2.45) is 4.99 Å². The molecule has 0 amide bonds. The number of aliphatic imine (C=N–C) groups is 1. The quantitative estimate of drug-likeness (QED) is 0.583. The second-order valence-electron chi connectivity index (χ2n) is 8.49.